The fourth-order valence-corrected chi connectivity index (χ4v) is 2.91. The molecule has 0 bridgehead atoms. The highest BCUT2D eigenvalue weighted by Crippen LogP contribution is 2.15. The second kappa shape index (κ2) is 7.94. The molecular formula is C17H18FN5O4. The van der Waals surface area contributed by atoms with E-state index in [-0.39, 0.29) is 30.5 Å². The van der Waals surface area contributed by atoms with Crippen LogP contribution in [0.4, 0.5) is 4.39 Å². The third-order valence-corrected chi connectivity index (χ3v) is 4.27. The normalized spacial score (nSPS) is 17.4. The molecule has 2 aromatic rings. The maximum Gasteiger partial charge on any atom is 0.271 e. The molecule has 0 saturated carbocycles. The average Bonchev–Trinajstić information content (AvgIpc) is 3.24. The molecule has 3 N–H and O–H groups in total. The first-order chi connectivity index (χ1) is 13.0. The Morgan fingerprint density at radius 1 is 1.41 bits per heavy atom. The van der Waals surface area contributed by atoms with E-state index in [2.05, 4.69) is 20.9 Å². The lowest BCUT2D eigenvalue weighted by molar-refractivity contribution is -0.125. The fourth-order valence-electron chi connectivity index (χ4n) is 2.91. The molecule has 3 amide bonds. The Morgan fingerprint density at radius 3 is 2.93 bits per heavy atom. The van der Waals surface area contributed by atoms with Crippen LogP contribution < -0.4 is 16.0 Å². The minimum absolute atomic E-state index is 0.0305. The summed E-state index contributed by atoms with van der Waals surface area (Å²) >= 11 is 0. The third-order valence-electron chi connectivity index (χ3n) is 4.27. The van der Waals surface area contributed by atoms with Gasteiger partial charge in [-0.05, 0) is 25.0 Å². The van der Waals surface area contributed by atoms with Crippen LogP contribution in [0.1, 0.15) is 23.3 Å². The Labute approximate surface area is 153 Å². The zero-order chi connectivity index (χ0) is 19.4. The maximum absolute atomic E-state index is 13.2. The SMILES string of the molecule is O=CC(CC1CCNC1=O)NC(=O)CNC(=O)c1cn2cc(F)ccc2n1. The maximum atomic E-state index is 13.2. The first-order valence-corrected chi connectivity index (χ1v) is 8.41. The van der Waals surface area contributed by atoms with Crippen molar-refractivity contribution in [1.29, 1.82) is 0 Å². The molecule has 142 valence electrons. The highest BCUT2D eigenvalue weighted by molar-refractivity contribution is 5.95. The number of nitrogens with zero attached hydrogens (tertiary/aromatic N) is 2. The average molecular weight is 375 g/mol. The van der Waals surface area contributed by atoms with E-state index in [1.54, 1.807) is 0 Å². The molecule has 27 heavy (non-hydrogen) atoms. The molecule has 1 saturated heterocycles. The van der Waals surface area contributed by atoms with Gasteiger partial charge >= 0.3 is 0 Å². The summed E-state index contributed by atoms with van der Waals surface area (Å²) in [5.74, 6) is -2.08. The molecule has 2 atom stereocenters. The molecule has 0 aliphatic carbocycles. The molecule has 1 aliphatic heterocycles. The van der Waals surface area contributed by atoms with Crippen LogP contribution in [0.2, 0.25) is 0 Å². The summed E-state index contributed by atoms with van der Waals surface area (Å²) < 4.78 is 14.5. The van der Waals surface area contributed by atoms with Crippen LogP contribution in [0.3, 0.4) is 0 Å². The van der Waals surface area contributed by atoms with Crippen molar-refractivity contribution in [3.8, 4) is 0 Å². The largest absolute Gasteiger partial charge is 0.356 e. The quantitative estimate of drug-likeness (QED) is 0.559. The van der Waals surface area contributed by atoms with E-state index in [0.29, 0.717) is 24.9 Å². The molecule has 0 spiro atoms. The molecule has 2 unspecified atom stereocenters. The third kappa shape index (κ3) is 4.46. The van der Waals surface area contributed by atoms with Crippen LogP contribution in [0, 0.1) is 11.7 Å². The van der Waals surface area contributed by atoms with E-state index in [9.17, 15) is 23.6 Å². The summed E-state index contributed by atoms with van der Waals surface area (Å²) in [5, 5.41) is 7.54. The number of hydrogen-bond acceptors (Lipinski definition) is 5. The second-order valence-corrected chi connectivity index (χ2v) is 6.24. The standard InChI is InChI=1S/C17H18FN5O4/c18-11-1-2-14-22-13(8-23(14)7-11)17(27)20-6-15(25)21-12(9-24)5-10-3-4-19-16(10)26/h1-2,7-10,12H,3-6H2,(H,19,26)(H,20,27)(H,21,25). The molecule has 0 aromatic carbocycles. The molecule has 2 aromatic heterocycles. The van der Waals surface area contributed by atoms with Crippen LogP contribution in [0.25, 0.3) is 5.65 Å². The van der Waals surface area contributed by atoms with Crippen LogP contribution in [0.15, 0.2) is 24.5 Å². The number of halogens is 1. The fraction of sp³-hybridized carbons (Fsp3) is 0.353. The van der Waals surface area contributed by atoms with Gasteiger partial charge in [0, 0.05) is 24.9 Å². The van der Waals surface area contributed by atoms with E-state index >= 15 is 0 Å². The van der Waals surface area contributed by atoms with Gasteiger partial charge < -0.3 is 25.1 Å². The molecular weight excluding hydrogens is 357 g/mol. The molecule has 0 radical (unpaired) electrons. The Hall–Kier alpha value is -3.30. The van der Waals surface area contributed by atoms with Crippen molar-refractivity contribution in [2.24, 2.45) is 5.92 Å². The van der Waals surface area contributed by atoms with Crippen LogP contribution in [-0.4, -0.2) is 52.5 Å². The van der Waals surface area contributed by atoms with Crippen molar-refractivity contribution in [2.75, 3.05) is 13.1 Å². The Bertz CT molecular complexity index is 897. The van der Waals surface area contributed by atoms with Crippen LogP contribution in [-0.2, 0) is 14.4 Å². The van der Waals surface area contributed by atoms with Crippen molar-refractivity contribution < 1.29 is 23.6 Å². The lowest BCUT2D eigenvalue weighted by atomic mass is 9.99. The van der Waals surface area contributed by atoms with Gasteiger partial charge in [-0.15, -0.1) is 0 Å². The van der Waals surface area contributed by atoms with Gasteiger partial charge in [0.1, 0.15) is 23.4 Å². The van der Waals surface area contributed by atoms with Gasteiger partial charge in [0.25, 0.3) is 5.91 Å². The predicted molar refractivity (Wildman–Crippen MR) is 91.2 cm³/mol. The van der Waals surface area contributed by atoms with E-state index in [1.807, 2.05) is 0 Å². The van der Waals surface area contributed by atoms with Gasteiger partial charge in [-0.2, -0.15) is 0 Å². The van der Waals surface area contributed by atoms with Crippen LogP contribution >= 0.6 is 0 Å². The minimum atomic E-state index is -0.804. The minimum Gasteiger partial charge on any atom is -0.356 e. The van der Waals surface area contributed by atoms with Gasteiger partial charge in [0.2, 0.25) is 11.8 Å². The zero-order valence-electron chi connectivity index (χ0n) is 14.3. The van der Waals surface area contributed by atoms with Crippen molar-refractivity contribution in [3.05, 3.63) is 36.0 Å². The van der Waals surface area contributed by atoms with Gasteiger partial charge in [0.05, 0.1) is 12.6 Å². The summed E-state index contributed by atoms with van der Waals surface area (Å²) in [6.45, 7) is 0.199. The first-order valence-electron chi connectivity index (χ1n) is 8.41. The molecule has 9 nitrogen and oxygen atoms in total. The number of carbonyl (C=O) groups excluding carboxylic acids is 4. The van der Waals surface area contributed by atoms with Gasteiger partial charge in [-0.3, -0.25) is 14.4 Å². The number of nitrogens with one attached hydrogen (secondary N) is 3. The van der Waals surface area contributed by atoms with Crippen molar-refractivity contribution in [1.82, 2.24) is 25.3 Å². The number of rotatable bonds is 7. The number of amides is 3. The number of carbonyl (C=O) groups is 4. The smallest absolute Gasteiger partial charge is 0.271 e. The second-order valence-electron chi connectivity index (χ2n) is 6.24. The monoisotopic (exact) mass is 375 g/mol. The highest BCUT2D eigenvalue weighted by atomic mass is 19.1. The number of aromatic nitrogens is 2. The van der Waals surface area contributed by atoms with Crippen LogP contribution in [0.5, 0.6) is 0 Å². The molecule has 1 fully saturated rings. The van der Waals surface area contributed by atoms with E-state index < -0.39 is 23.7 Å². The topological polar surface area (TPSA) is 122 Å². The highest BCUT2D eigenvalue weighted by Gasteiger charge is 2.27. The van der Waals surface area contributed by atoms with Crippen molar-refractivity contribution in [2.45, 2.75) is 18.9 Å². The Balaban J connectivity index is 1.51. The van der Waals surface area contributed by atoms with E-state index in [1.165, 1.54) is 28.9 Å². The zero-order valence-corrected chi connectivity index (χ0v) is 14.3. The summed E-state index contributed by atoms with van der Waals surface area (Å²) in [4.78, 5) is 50.8. The van der Waals surface area contributed by atoms with Gasteiger partial charge in [-0.25, -0.2) is 9.37 Å². The summed E-state index contributed by atoms with van der Waals surface area (Å²) in [7, 11) is 0. The molecule has 10 heteroatoms. The number of aldehydes is 1. The Morgan fingerprint density at radius 2 is 2.22 bits per heavy atom. The van der Waals surface area contributed by atoms with Crippen molar-refractivity contribution >= 4 is 29.7 Å². The number of imidazole rings is 1. The summed E-state index contributed by atoms with van der Waals surface area (Å²) in [5.41, 5.74) is 0.421. The van der Waals surface area contributed by atoms with Gasteiger partial charge in [-0.1, -0.05) is 0 Å². The predicted octanol–water partition coefficient (Wildman–Crippen LogP) is -0.587. The van der Waals surface area contributed by atoms with E-state index in [0.717, 1.165) is 0 Å². The molecule has 1 aliphatic rings. The first kappa shape index (κ1) is 18.5. The van der Waals surface area contributed by atoms with E-state index in [4.69, 9.17) is 0 Å². The van der Waals surface area contributed by atoms with Crippen molar-refractivity contribution in [3.63, 3.8) is 0 Å². The summed E-state index contributed by atoms with van der Waals surface area (Å²) in [6.07, 6.45) is 3.93. The van der Waals surface area contributed by atoms with Gasteiger partial charge in [0.15, 0.2) is 0 Å². The summed E-state index contributed by atoms with van der Waals surface area (Å²) in [6, 6.07) is 1.84. The lowest BCUT2D eigenvalue weighted by Crippen LogP contribution is -2.44. The number of hydrogen-bond donors (Lipinski definition) is 3. The number of pyridine rings is 1. The Kier molecular flexibility index (Phi) is 5.43. The molecule has 3 rings (SSSR count). The number of fused-ring (bicyclic) bond motifs is 1. The molecule has 3 heterocycles. The lowest BCUT2D eigenvalue weighted by Gasteiger charge is -2.15.